The number of hydrogen-bond donors (Lipinski definition) is 2. The molecule has 1 fully saturated rings. The van der Waals surface area contributed by atoms with E-state index in [1.807, 2.05) is 19.9 Å². The van der Waals surface area contributed by atoms with Gasteiger partial charge in [0.15, 0.2) is 0 Å². The van der Waals surface area contributed by atoms with E-state index in [0.717, 1.165) is 30.2 Å². The number of aromatic nitrogens is 4. The average molecular weight is 330 g/mol. The number of nitrogens with zero attached hydrogens (tertiary/aromatic N) is 4. The Morgan fingerprint density at radius 3 is 2.92 bits per heavy atom. The third-order valence-electron chi connectivity index (χ3n) is 4.23. The Morgan fingerprint density at radius 1 is 1.42 bits per heavy atom. The van der Waals surface area contributed by atoms with Crippen LogP contribution in [0.3, 0.4) is 0 Å². The van der Waals surface area contributed by atoms with Crippen molar-refractivity contribution in [3.63, 3.8) is 0 Å². The van der Waals surface area contributed by atoms with E-state index in [1.54, 1.807) is 19.5 Å². The minimum atomic E-state index is -0.181. The van der Waals surface area contributed by atoms with Gasteiger partial charge in [0.2, 0.25) is 0 Å². The van der Waals surface area contributed by atoms with Crippen molar-refractivity contribution >= 4 is 11.7 Å². The molecule has 2 aromatic rings. The van der Waals surface area contributed by atoms with Crippen LogP contribution in [-0.4, -0.2) is 58.4 Å². The van der Waals surface area contributed by atoms with Gasteiger partial charge in [0.1, 0.15) is 17.8 Å². The standard InChI is InChI=1S/C16H22N6O2/c1-10-5-15(19-9-18-10)22-8-13(24-3)6-12(22)7-17-16(23)14-4-11(2)20-21-14/h4-5,9,12-13H,6-8H2,1-3H3,(H,17,23)(H,20,21)/t12-,13-/m0/s1. The molecule has 3 heterocycles. The van der Waals surface area contributed by atoms with E-state index >= 15 is 0 Å². The number of amides is 1. The number of anilines is 1. The quantitative estimate of drug-likeness (QED) is 0.843. The number of methoxy groups -OCH3 is 1. The SMILES string of the molecule is CO[C@H]1C[C@@H](CNC(=O)c2cc(C)[nH]n2)N(c2cc(C)ncn2)C1. The average Bonchev–Trinajstić information content (AvgIpc) is 3.18. The first-order valence-corrected chi connectivity index (χ1v) is 7.95. The number of hydrogen-bond acceptors (Lipinski definition) is 6. The lowest BCUT2D eigenvalue weighted by molar-refractivity contribution is 0.0941. The maximum Gasteiger partial charge on any atom is 0.271 e. The van der Waals surface area contributed by atoms with Crippen LogP contribution in [0.1, 0.15) is 28.3 Å². The molecule has 0 unspecified atom stereocenters. The van der Waals surface area contributed by atoms with Crippen molar-refractivity contribution in [2.45, 2.75) is 32.4 Å². The van der Waals surface area contributed by atoms with Crippen molar-refractivity contribution in [2.24, 2.45) is 0 Å². The number of H-pyrrole nitrogens is 1. The first-order valence-electron chi connectivity index (χ1n) is 7.95. The van der Waals surface area contributed by atoms with Crippen LogP contribution in [0, 0.1) is 13.8 Å². The highest BCUT2D eigenvalue weighted by Gasteiger charge is 2.33. The molecule has 0 saturated carbocycles. The van der Waals surface area contributed by atoms with E-state index in [1.165, 1.54) is 0 Å². The Labute approximate surface area is 140 Å². The summed E-state index contributed by atoms with van der Waals surface area (Å²) >= 11 is 0. The minimum absolute atomic E-state index is 0.119. The van der Waals surface area contributed by atoms with Crippen LogP contribution < -0.4 is 10.2 Å². The summed E-state index contributed by atoms with van der Waals surface area (Å²) in [6.45, 7) is 5.05. The number of aryl methyl sites for hydroxylation is 2. The number of ether oxygens (including phenoxy) is 1. The van der Waals surface area contributed by atoms with Crippen molar-refractivity contribution in [2.75, 3.05) is 25.1 Å². The van der Waals surface area contributed by atoms with Crippen molar-refractivity contribution in [3.05, 3.63) is 35.5 Å². The second kappa shape index (κ2) is 6.96. The molecule has 0 bridgehead atoms. The summed E-state index contributed by atoms with van der Waals surface area (Å²) < 4.78 is 5.50. The van der Waals surface area contributed by atoms with Crippen LogP contribution >= 0.6 is 0 Å². The smallest absolute Gasteiger partial charge is 0.271 e. The van der Waals surface area contributed by atoms with E-state index < -0.39 is 0 Å². The van der Waals surface area contributed by atoms with Gasteiger partial charge in [-0.2, -0.15) is 5.10 Å². The molecule has 8 heteroatoms. The van der Waals surface area contributed by atoms with Gasteiger partial charge in [-0.25, -0.2) is 9.97 Å². The molecule has 2 aromatic heterocycles. The fourth-order valence-electron chi connectivity index (χ4n) is 2.95. The van der Waals surface area contributed by atoms with Crippen molar-refractivity contribution in [1.82, 2.24) is 25.5 Å². The predicted molar refractivity (Wildman–Crippen MR) is 89.0 cm³/mol. The highest BCUT2D eigenvalue weighted by Crippen LogP contribution is 2.25. The normalized spacial score (nSPS) is 20.4. The van der Waals surface area contributed by atoms with Gasteiger partial charge >= 0.3 is 0 Å². The van der Waals surface area contributed by atoms with E-state index in [9.17, 15) is 4.79 Å². The molecule has 0 aromatic carbocycles. The summed E-state index contributed by atoms with van der Waals surface area (Å²) in [4.78, 5) is 22.9. The number of rotatable bonds is 5. The molecule has 0 aliphatic carbocycles. The van der Waals surface area contributed by atoms with Crippen LogP contribution in [0.2, 0.25) is 0 Å². The third-order valence-corrected chi connectivity index (χ3v) is 4.23. The van der Waals surface area contributed by atoms with Gasteiger partial charge in [-0.3, -0.25) is 9.89 Å². The topological polar surface area (TPSA) is 96.0 Å². The Bertz CT molecular complexity index is 716. The molecule has 8 nitrogen and oxygen atoms in total. The van der Waals surface area contributed by atoms with Crippen LogP contribution in [0.5, 0.6) is 0 Å². The second-order valence-electron chi connectivity index (χ2n) is 6.06. The number of carbonyl (C=O) groups is 1. The summed E-state index contributed by atoms with van der Waals surface area (Å²) in [6, 6.07) is 3.80. The summed E-state index contributed by atoms with van der Waals surface area (Å²) in [5.74, 6) is 0.677. The molecule has 2 N–H and O–H groups in total. The highest BCUT2D eigenvalue weighted by atomic mass is 16.5. The largest absolute Gasteiger partial charge is 0.380 e. The second-order valence-corrected chi connectivity index (χ2v) is 6.06. The predicted octanol–water partition coefficient (Wildman–Crippen LogP) is 0.840. The first kappa shape index (κ1) is 16.4. The van der Waals surface area contributed by atoms with E-state index in [0.29, 0.717) is 12.2 Å². The van der Waals surface area contributed by atoms with Crippen molar-refractivity contribution in [3.8, 4) is 0 Å². The molecule has 1 aliphatic heterocycles. The van der Waals surface area contributed by atoms with Crippen molar-refractivity contribution < 1.29 is 9.53 Å². The van der Waals surface area contributed by atoms with E-state index in [4.69, 9.17) is 4.74 Å². The third kappa shape index (κ3) is 3.53. The van der Waals surface area contributed by atoms with Gasteiger partial charge in [0.25, 0.3) is 5.91 Å². The van der Waals surface area contributed by atoms with Crippen LogP contribution in [-0.2, 0) is 4.74 Å². The monoisotopic (exact) mass is 330 g/mol. The van der Waals surface area contributed by atoms with Gasteiger partial charge in [-0.15, -0.1) is 0 Å². The van der Waals surface area contributed by atoms with E-state index in [2.05, 4.69) is 30.4 Å². The number of aromatic amines is 1. The lowest BCUT2D eigenvalue weighted by atomic mass is 10.2. The summed E-state index contributed by atoms with van der Waals surface area (Å²) in [7, 11) is 1.71. The molecular formula is C16H22N6O2. The molecule has 3 rings (SSSR count). The summed E-state index contributed by atoms with van der Waals surface area (Å²) in [5, 5.41) is 9.71. The molecule has 24 heavy (non-hydrogen) atoms. The molecule has 1 amide bonds. The summed E-state index contributed by atoms with van der Waals surface area (Å²) in [5.41, 5.74) is 2.17. The van der Waals surface area contributed by atoms with Gasteiger partial charge in [0.05, 0.1) is 12.1 Å². The van der Waals surface area contributed by atoms with Crippen molar-refractivity contribution in [1.29, 1.82) is 0 Å². The Morgan fingerprint density at radius 2 is 2.25 bits per heavy atom. The Balaban J connectivity index is 1.68. The molecular weight excluding hydrogens is 308 g/mol. The Hall–Kier alpha value is -2.48. The lowest BCUT2D eigenvalue weighted by Crippen LogP contribution is -2.40. The molecule has 0 radical (unpaired) electrons. The minimum Gasteiger partial charge on any atom is -0.380 e. The number of nitrogens with one attached hydrogen (secondary N) is 2. The van der Waals surface area contributed by atoms with E-state index in [-0.39, 0.29) is 18.1 Å². The van der Waals surface area contributed by atoms with Gasteiger partial charge in [-0.1, -0.05) is 0 Å². The zero-order valence-electron chi connectivity index (χ0n) is 14.1. The molecule has 1 saturated heterocycles. The zero-order valence-corrected chi connectivity index (χ0v) is 14.1. The molecule has 2 atom stereocenters. The molecule has 1 aliphatic rings. The fourth-order valence-corrected chi connectivity index (χ4v) is 2.95. The van der Waals surface area contributed by atoms with Crippen LogP contribution in [0.25, 0.3) is 0 Å². The highest BCUT2D eigenvalue weighted by molar-refractivity contribution is 5.92. The number of carbonyl (C=O) groups excluding carboxylic acids is 1. The maximum absolute atomic E-state index is 12.2. The van der Waals surface area contributed by atoms with Gasteiger partial charge in [-0.05, 0) is 26.3 Å². The fraction of sp³-hybridized carbons (Fsp3) is 0.500. The zero-order chi connectivity index (χ0) is 17.1. The van der Waals surface area contributed by atoms with Gasteiger partial charge in [0, 0.05) is 37.7 Å². The van der Waals surface area contributed by atoms with Gasteiger partial charge < -0.3 is 15.0 Å². The van der Waals surface area contributed by atoms with Crippen LogP contribution in [0.15, 0.2) is 18.5 Å². The Kier molecular flexibility index (Phi) is 4.75. The molecule has 128 valence electrons. The first-order chi connectivity index (χ1) is 11.6. The molecule has 0 spiro atoms. The summed E-state index contributed by atoms with van der Waals surface area (Å²) in [6.07, 6.45) is 2.52. The maximum atomic E-state index is 12.2. The lowest BCUT2D eigenvalue weighted by Gasteiger charge is -2.25. The van der Waals surface area contributed by atoms with Crippen LogP contribution in [0.4, 0.5) is 5.82 Å².